The first kappa shape index (κ1) is 16.8. The van der Waals surface area contributed by atoms with Crippen molar-refractivity contribution in [2.24, 2.45) is 0 Å². The molecule has 0 saturated carbocycles. The second-order valence-electron chi connectivity index (χ2n) is 6.20. The Balaban J connectivity index is 1.98. The summed E-state index contributed by atoms with van der Waals surface area (Å²) < 4.78 is 2.65. The number of aromatic nitrogens is 2. The van der Waals surface area contributed by atoms with Gasteiger partial charge >= 0.3 is 0 Å². The van der Waals surface area contributed by atoms with E-state index in [9.17, 15) is 10.1 Å². The molecule has 2 aromatic carbocycles. The van der Waals surface area contributed by atoms with Crippen LogP contribution < -0.4 is 5.32 Å². The largest absolute Gasteiger partial charge is 0.370 e. The summed E-state index contributed by atoms with van der Waals surface area (Å²) in [5.74, 6) is 0.850. The molecule has 1 N–H and O–H groups in total. The van der Waals surface area contributed by atoms with Gasteiger partial charge in [-0.3, -0.25) is 10.1 Å². The molecule has 4 rings (SSSR count). The summed E-state index contributed by atoms with van der Waals surface area (Å²) >= 11 is 3.61. The van der Waals surface area contributed by atoms with Gasteiger partial charge in [-0.1, -0.05) is 46.3 Å². The highest BCUT2D eigenvalue weighted by molar-refractivity contribution is 9.10. The smallest absolute Gasteiger partial charge is 0.294 e. The zero-order valence-corrected chi connectivity index (χ0v) is 15.6. The van der Waals surface area contributed by atoms with Crippen LogP contribution in [0.3, 0.4) is 0 Å². The van der Waals surface area contributed by atoms with Crippen molar-refractivity contribution in [1.29, 1.82) is 0 Å². The second-order valence-corrected chi connectivity index (χ2v) is 7.05. The van der Waals surface area contributed by atoms with E-state index < -0.39 is 0 Å². The van der Waals surface area contributed by atoms with E-state index in [1.54, 1.807) is 22.9 Å². The van der Waals surface area contributed by atoms with Crippen LogP contribution in [0.2, 0.25) is 0 Å². The maximum Gasteiger partial charge on any atom is 0.294 e. The lowest BCUT2D eigenvalue weighted by molar-refractivity contribution is -0.384. The number of para-hydroxylation sites is 2. The SMILES string of the molecule is O=[N+]([O-])c1ccccc1-n1nc(-c2ccccc2Br)c2c1NCCCC2. The van der Waals surface area contributed by atoms with Crippen LogP contribution >= 0.6 is 15.9 Å². The Morgan fingerprint density at radius 2 is 1.88 bits per heavy atom. The average Bonchev–Trinajstić information content (AvgIpc) is 2.83. The van der Waals surface area contributed by atoms with Gasteiger partial charge in [0, 0.05) is 28.2 Å². The van der Waals surface area contributed by atoms with Crippen LogP contribution in [0.5, 0.6) is 0 Å². The Kier molecular flexibility index (Phi) is 4.46. The number of rotatable bonds is 3. The van der Waals surface area contributed by atoms with Gasteiger partial charge in [0.1, 0.15) is 11.5 Å². The summed E-state index contributed by atoms with van der Waals surface area (Å²) in [7, 11) is 0. The molecule has 0 radical (unpaired) electrons. The number of nitro groups is 1. The molecule has 2 heterocycles. The third-order valence-corrected chi connectivity index (χ3v) is 5.26. The predicted molar refractivity (Wildman–Crippen MR) is 105 cm³/mol. The minimum absolute atomic E-state index is 0.0440. The van der Waals surface area contributed by atoms with E-state index in [0.29, 0.717) is 5.69 Å². The van der Waals surface area contributed by atoms with Gasteiger partial charge in [-0.05, 0) is 31.4 Å². The second kappa shape index (κ2) is 6.92. The number of fused-ring (bicyclic) bond motifs is 1. The van der Waals surface area contributed by atoms with Crippen LogP contribution in [-0.4, -0.2) is 21.2 Å². The van der Waals surface area contributed by atoms with Crippen LogP contribution in [0.25, 0.3) is 16.9 Å². The number of nitrogens with one attached hydrogen (secondary N) is 1. The number of hydrogen-bond donors (Lipinski definition) is 1. The van der Waals surface area contributed by atoms with Crippen LogP contribution in [-0.2, 0) is 6.42 Å². The fourth-order valence-electron chi connectivity index (χ4n) is 3.34. The normalized spacial score (nSPS) is 13.6. The van der Waals surface area contributed by atoms with E-state index in [-0.39, 0.29) is 10.6 Å². The Bertz CT molecular complexity index is 983. The number of halogens is 1. The van der Waals surface area contributed by atoms with Gasteiger partial charge in [-0.2, -0.15) is 5.10 Å². The van der Waals surface area contributed by atoms with Crippen LogP contribution in [0.15, 0.2) is 53.0 Å². The lowest BCUT2D eigenvalue weighted by Gasteiger charge is -2.09. The van der Waals surface area contributed by atoms with Crippen LogP contribution in [0, 0.1) is 10.1 Å². The van der Waals surface area contributed by atoms with Gasteiger partial charge in [-0.25, -0.2) is 4.68 Å². The third-order valence-electron chi connectivity index (χ3n) is 4.57. The molecule has 0 bridgehead atoms. The molecular formula is C19H17BrN4O2. The number of nitro benzene ring substituents is 1. The first-order chi connectivity index (χ1) is 12.7. The maximum absolute atomic E-state index is 11.5. The van der Waals surface area contributed by atoms with Crippen molar-refractivity contribution >= 4 is 27.4 Å². The van der Waals surface area contributed by atoms with Crippen molar-refractivity contribution in [2.75, 3.05) is 11.9 Å². The molecule has 6 nitrogen and oxygen atoms in total. The molecule has 1 aliphatic heterocycles. The van der Waals surface area contributed by atoms with Gasteiger partial charge < -0.3 is 5.32 Å². The molecule has 132 valence electrons. The van der Waals surface area contributed by atoms with Gasteiger partial charge in [-0.15, -0.1) is 0 Å². The molecule has 0 spiro atoms. The van der Waals surface area contributed by atoms with Crippen molar-refractivity contribution in [3.63, 3.8) is 0 Å². The van der Waals surface area contributed by atoms with Crippen LogP contribution in [0.4, 0.5) is 11.5 Å². The highest BCUT2D eigenvalue weighted by Crippen LogP contribution is 2.38. The van der Waals surface area contributed by atoms with E-state index in [2.05, 4.69) is 21.2 Å². The quantitative estimate of drug-likeness (QED) is 0.487. The molecule has 0 amide bonds. The predicted octanol–water partition coefficient (Wildman–Crippen LogP) is 4.96. The van der Waals surface area contributed by atoms with E-state index in [4.69, 9.17) is 5.10 Å². The zero-order valence-electron chi connectivity index (χ0n) is 14.0. The minimum Gasteiger partial charge on any atom is -0.370 e. The first-order valence-corrected chi connectivity index (χ1v) is 9.30. The van der Waals surface area contributed by atoms with Gasteiger partial charge in [0.15, 0.2) is 0 Å². The van der Waals surface area contributed by atoms with E-state index >= 15 is 0 Å². The monoisotopic (exact) mass is 412 g/mol. The summed E-state index contributed by atoms with van der Waals surface area (Å²) in [5, 5.41) is 19.7. The topological polar surface area (TPSA) is 73.0 Å². The van der Waals surface area contributed by atoms with Crippen LogP contribution in [0.1, 0.15) is 18.4 Å². The van der Waals surface area contributed by atoms with Crippen molar-refractivity contribution in [1.82, 2.24) is 9.78 Å². The molecule has 7 heteroatoms. The molecule has 0 atom stereocenters. The highest BCUT2D eigenvalue weighted by Gasteiger charge is 2.25. The lowest BCUT2D eigenvalue weighted by Crippen LogP contribution is -2.08. The fourth-order valence-corrected chi connectivity index (χ4v) is 3.82. The molecule has 26 heavy (non-hydrogen) atoms. The van der Waals surface area contributed by atoms with Crippen molar-refractivity contribution in [3.8, 4) is 16.9 Å². The molecule has 0 unspecified atom stereocenters. The number of benzene rings is 2. The van der Waals surface area contributed by atoms with Gasteiger partial charge in [0.25, 0.3) is 5.69 Å². The molecule has 3 aromatic rings. The molecule has 0 aliphatic carbocycles. The fraction of sp³-hybridized carbons (Fsp3) is 0.211. The molecule has 0 fully saturated rings. The van der Waals surface area contributed by atoms with Crippen molar-refractivity contribution < 1.29 is 4.92 Å². The first-order valence-electron chi connectivity index (χ1n) is 8.51. The molecule has 0 saturated heterocycles. The Labute approximate surface area is 159 Å². The van der Waals surface area contributed by atoms with E-state index in [1.165, 1.54) is 6.07 Å². The zero-order chi connectivity index (χ0) is 18.1. The summed E-state index contributed by atoms with van der Waals surface area (Å²) in [4.78, 5) is 11.1. The summed E-state index contributed by atoms with van der Waals surface area (Å²) in [5.41, 5.74) is 3.47. The summed E-state index contributed by atoms with van der Waals surface area (Å²) in [6, 6.07) is 14.7. The minimum atomic E-state index is -0.363. The average molecular weight is 413 g/mol. The molecular weight excluding hydrogens is 396 g/mol. The Hall–Kier alpha value is -2.67. The molecule has 1 aromatic heterocycles. The third kappa shape index (κ3) is 2.88. The maximum atomic E-state index is 11.5. The number of nitrogens with zero attached hydrogens (tertiary/aromatic N) is 3. The van der Waals surface area contributed by atoms with Gasteiger partial charge in [0.05, 0.1) is 10.6 Å². The lowest BCUT2D eigenvalue weighted by atomic mass is 10.0. The van der Waals surface area contributed by atoms with Crippen molar-refractivity contribution in [3.05, 3.63) is 68.7 Å². The van der Waals surface area contributed by atoms with E-state index in [0.717, 1.165) is 52.9 Å². The number of hydrogen-bond acceptors (Lipinski definition) is 4. The number of anilines is 1. The van der Waals surface area contributed by atoms with E-state index in [1.807, 2.05) is 24.3 Å². The summed E-state index contributed by atoms with van der Waals surface area (Å²) in [6.07, 6.45) is 3.00. The Morgan fingerprint density at radius 1 is 1.12 bits per heavy atom. The Morgan fingerprint density at radius 3 is 2.69 bits per heavy atom. The summed E-state index contributed by atoms with van der Waals surface area (Å²) in [6.45, 7) is 0.828. The van der Waals surface area contributed by atoms with Gasteiger partial charge in [0.2, 0.25) is 0 Å². The standard InChI is InChI=1S/C19H17BrN4O2/c20-15-9-2-1-7-13(15)18-14-8-5-6-12-21-19(14)23(22-18)16-10-3-4-11-17(16)24(25)26/h1-4,7,9-11,21H,5-6,8,12H2. The van der Waals surface area contributed by atoms with Crippen molar-refractivity contribution in [2.45, 2.75) is 19.3 Å². The highest BCUT2D eigenvalue weighted by atomic mass is 79.9. The molecule has 1 aliphatic rings.